The minimum atomic E-state index is -0.00518. The number of hydrogen-bond acceptors (Lipinski definition) is 2. The lowest BCUT2D eigenvalue weighted by Gasteiger charge is -2.09. The Morgan fingerprint density at radius 1 is 1.10 bits per heavy atom. The van der Waals surface area contributed by atoms with E-state index >= 15 is 0 Å². The second-order valence-corrected chi connectivity index (χ2v) is 4.77. The molecule has 2 heteroatoms. The van der Waals surface area contributed by atoms with Crippen molar-refractivity contribution >= 4 is 11.9 Å². The number of rotatable bonds is 4. The van der Waals surface area contributed by atoms with E-state index in [-0.39, 0.29) is 5.78 Å². The molecule has 2 nitrogen and oxygen atoms in total. The minimum Gasteiger partial charge on any atom is -0.496 e. The quantitative estimate of drug-likeness (QED) is 0.609. The van der Waals surface area contributed by atoms with Crippen molar-refractivity contribution in [3.8, 4) is 5.75 Å². The van der Waals surface area contributed by atoms with Crippen LogP contribution in [0.4, 0.5) is 0 Å². The molecule has 0 radical (unpaired) electrons. The lowest BCUT2D eigenvalue weighted by atomic mass is 10.00. The lowest BCUT2D eigenvalue weighted by Crippen LogP contribution is -2.04. The number of aryl methyl sites for hydroxylation is 1. The number of carbonyl (C=O) groups is 1. The van der Waals surface area contributed by atoms with Crippen molar-refractivity contribution in [2.75, 3.05) is 7.11 Å². The standard InChI is InChI=1S/C18H18O2/c1-13-9-10-17(20-3)16(11-13)18(19)14(2)12-15-7-5-4-6-8-15/h4-12H,1-3H3/b14-12-. The van der Waals surface area contributed by atoms with Crippen LogP contribution in [0.3, 0.4) is 0 Å². The van der Waals surface area contributed by atoms with Crippen molar-refractivity contribution in [3.63, 3.8) is 0 Å². The first-order chi connectivity index (χ1) is 9.61. The second kappa shape index (κ2) is 6.20. The highest BCUT2D eigenvalue weighted by molar-refractivity contribution is 6.12. The van der Waals surface area contributed by atoms with Crippen LogP contribution in [0.2, 0.25) is 0 Å². The van der Waals surface area contributed by atoms with E-state index in [0.717, 1.165) is 11.1 Å². The van der Waals surface area contributed by atoms with Crippen LogP contribution in [-0.2, 0) is 0 Å². The molecule has 0 spiro atoms. The van der Waals surface area contributed by atoms with Gasteiger partial charge in [0.2, 0.25) is 0 Å². The van der Waals surface area contributed by atoms with E-state index in [4.69, 9.17) is 4.74 Å². The number of benzene rings is 2. The zero-order chi connectivity index (χ0) is 14.5. The number of methoxy groups -OCH3 is 1. The minimum absolute atomic E-state index is 0.00518. The van der Waals surface area contributed by atoms with E-state index in [1.165, 1.54) is 0 Å². The first kappa shape index (κ1) is 14.1. The zero-order valence-electron chi connectivity index (χ0n) is 12.0. The van der Waals surface area contributed by atoms with E-state index in [0.29, 0.717) is 16.9 Å². The van der Waals surface area contributed by atoms with Gasteiger partial charge in [0.1, 0.15) is 5.75 Å². The van der Waals surface area contributed by atoms with Crippen LogP contribution >= 0.6 is 0 Å². The predicted octanol–water partition coefficient (Wildman–Crippen LogP) is 4.29. The van der Waals surface area contributed by atoms with Gasteiger partial charge < -0.3 is 4.74 Å². The Balaban J connectivity index is 2.36. The number of hydrogen-bond donors (Lipinski definition) is 0. The van der Waals surface area contributed by atoms with Crippen molar-refractivity contribution < 1.29 is 9.53 Å². The maximum atomic E-state index is 12.5. The molecule has 2 rings (SSSR count). The van der Waals surface area contributed by atoms with E-state index in [1.54, 1.807) is 7.11 Å². The highest BCUT2D eigenvalue weighted by Crippen LogP contribution is 2.23. The molecule has 0 aliphatic rings. The van der Waals surface area contributed by atoms with Crippen LogP contribution in [-0.4, -0.2) is 12.9 Å². The van der Waals surface area contributed by atoms with Gasteiger partial charge in [0.15, 0.2) is 5.78 Å². The second-order valence-electron chi connectivity index (χ2n) is 4.77. The summed E-state index contributed by atoms with van der Waals surface area (Å²) < 4.78 is 5.27. The fourth-order valence-electron chi connectivity index (χ4n) is 2.08. The highest BCUT2D eigenvalue weighted by atomic mass is 16.5. The molecule has 0 fully saturated rings. The fraction of sp³-hybridized carbons (Fsp3) is 0.167. The summed E-state index contributed by atoms with van der Waals surface area (Å²) >= 11 is 0. The lowest BCUT2D eigenvalue weighted by molar-refractivity contribution is 0.103. The van der Waals surface area contributed by atoms with Crippen molar-refractivity contribution in [1.82, 2.24) is 0 Å². The molecule has 2 aromatic rings. The van der Waals surface area contributed by atoms with Gasteiger partial charge in [0.25, 0.3) is 0 Å². The molecule has 0 aromatic heterocycles. The summed E-state index contributed by atoms with van der Waals surface area (Å²) in [6.45, 7) is 3.80. The van der Waals surface area contributed by atoms with E-state index in [1.807, 2.05) is 68.5 Å². The van der Waals surface area contributed by atoms with Crippen molar-refractivity contribution in [1.29, 1.82) is 0 Å². The number of carbonyl (C=O) groups excluding carboxylic acids is 1. The molecule has 0 unspecified atom stereocenters. The zero-order valence-corrected chi connectivity index (χ0v) is 12.0. The average molecular weight is 266 g/mol. The molecule has 0 saturated heterocycles. The van der Waals surface area contributed by atoms with Gasteiger partial charge in [-0.05, 0) is 43.2 Å². The van der Waals surface area contributed by atoms with E-state index in [2.05, 4.69) is 0 Å². The Kier molecular flexibility index (Phi) is 4.36. The molecular formula is C18H18O2. The van der Waals surface area contributed by atoms with E-state index in [9.17, 15) is 4.79 Å². The third-order valence-corrected chi connectivity index (χ3v) is 3.14. The normalized spacial score (nSPS) is 11.2. The molecule has 0 N–H and O–H groups in total. The van der Waals surface area contributed by atoms with Crippen molar-refractivity contribution in [3.05, 3.63) is 70.8 Å². The molecule has 0 amide bonds. The first-order valence-corrected chi connectivity index (χ1v) is 6.54. The SMILES string of the molecule is COc1ccc(C)cc1C(=O)/C(C)=C\c1ccccc1. The summed E-state index contributed by atoms with van der Waals surface area (Å²) in [5.74, 6) is 0.607. The molecule has 102 valence electrons. The average Bonchev–Trinajstić information content (AvgIpc) is 2.47. The topological polar surface area (TPSA) is 26.3 Å². The van der Waals surface area contributed by atoms with Gasteiger partial charge in [-0.2, -0.15) is 0 Å². The number of Topliss-reactive ketones (excluding diaryl/α,β-unsaturated/α-hetero) is 1. The molecule has 0 aliphatic heterocycles. The maximum absolute atomic E-state index is 12.5. The van der Waals surface area contributed by atoms with Crippen LogP contribution in [0.1, 0.15) is 28.4 Å². The molecular weight excluding hydrogens is 248 g/mol. The monoisotopic (exact) mass is 266 g/mol. The molecule has 0 atom stereocenters. The summed E-state index contributed by atoms with van der Waals surface area (Å²) in [6, 6.07) is 15.5. The maximum Gasteiger partial charge on any atom is 0.192 e. The Morgan fingerprint density at radius 2 is 1.80 bits per heavy atom. The summed E-state index contributed by atoms with van der Waals surface area (Å²) in [6.07, 6.45) is 1.89. The number of ether oxygens (including phenoxy) is 1. The predicted molar refractivity (Wildman–Crippen MR) is 82.2 cm³/mol. The summed E-state index contributed by atoms with van der Waals surface area (Å²) in [4.78, 5) is 12.5. The molecule has 0 heterocycles. The Bertz CT molecular complexity index is 640. The number of allylic oxidation sites excluding steroid dienone is 1. The van der Waals surface area contributed by atoms with E-state index < -0.39 is 0 Å². The van der Waals surface area contributed by atoms with Gasteiger partial charge in [-0.1, -0.05) is 42.0 Å². The van der Waals surface area contributed by atoms with Gasteiger partial charge in [-0.25, -0.2) is 0 Å². The van der Waals surface area contributed by atoms with Gasteiger partial charge in [0.05, 0.1) is 12.7 Å². The fourth-order valence-corrected chi connectivity index (χ4v) is 2.08. The molecule has 0 saturated carbocycles. The smallest absolute Gasteiger partial charge is 0.192 e. The van der Waals surface area contributed by atoms with Crippen LogP contribution in [0.15, 0.2) is 54.1 Å². The van der Waals surface area contributed by atoms with Gasteiger partial charge in [0, 0.05) is 0 Å². The largest absolute Gasteiger partial charge is 0.496 e. The summed E-state index contributed by atoms with van der Waals surface area (Å²) in [5.41, 5.74) is 3.36. The number of ketones is 1. The molecule has 2 aromatic carbocycles. The van der Waals surface area contributed by atoms with Crippen LogP contribution in [0.25, 0.3) is 6.08 Å². The van der Waals surface area contributed by atoms with Gasteiger partial charge in [-0.15, -0.1) is 0 Å². The molecule has 0 aliphatic carbocycles. The Morgan fingerprint density at radius 3 is 2.45 bits per heavy atom. The van der Waals surface area contributed by atoms with Gasteiger partial charge >= 0.3 is 0 Å². The Labute approximate surface area is 119 Å². The van der Waals surface area contributed by atoms with Gasteiger partial charge in [-0.3, -0.25) is 4.79 Å². The molecule has 0 bridgehead atoms. The molecule has 20 heavy (non-hydrogen) atoms. The van der Waals surface area contributed by atoms with Crippen molar-refractivity contribution in [2.45, 2.75) is 13.8 Å². The van der Waals surface area contributed by atoms with Crippen LogP contribution < -0.4 is 4.74 Å². The third-order valence-electron chi connectivity index (χ3n) is 3.14. The summed E-state index contributed by atoms with van der Waals surface area (Å²) in [5, 5.41) is 0. The first-order valence-electron chi connectivity index (χ1n) is 6.54. The van der Waals surface area contributed by atoms with Crippen LogP contribution in [0, 0.1) is 6.92 Å². The van der Waals surface area contributed by atoms with Crippen molar-refractivity contribution in [2.24, 2.45) is 0 Å². The summed E-state index contributed by atoms with van der Waals surface area (Å²) in [7, 11) is 1.58. The van der Waals surface area contributed by atoms with Crippen LogP contribution in [0.5, 0.6) is 5.75 Å². The third kappa shape index (κ3) is 3.15. The highest BCUT2D eigenvalue weighted by Gasteiger charge is 2.14. The Hall–Kier alpha value is -2.35.